The zero-order chi connectivity index (χ0) is 18.8. The topological polar surface area (TPSA) is 109 Å². The number of nitrogens with one attached hydrogen (secondary N) is 3. The third-order valence-corrected chi connectivity index (χ3v) is 4.81. The van der Waals surface area contributed by atoms with Crippen LogP contribution in [0.3, 0.4) is 0 Å². The molecule has 140 valence electrons. The van der Waals surface area contributed by atoms with Crippen LogP contribution in [0.2, 0.25) is 0 Å². The Kier molecular flexibility index (Phi) is 4.62. The summed E-state index contributed by atoms with van der Waals surface area (Å²) in [5.74, 6) is 1.20. The molecule has 2 heterocycles. The minimum Gasteiger partial charge on any atom is -0.339 e. The van der Waals surface area contributed by atoms with E-state index in [-0.39, 0.29) is 12.1 Å². The SMILES string of the molecule is Cc1noc(Cc2ccc(NC(=O)NC3CCc4c(n[nH]c4C)C3)cc2)n1. The highest BCUT2D eigenvalue weighted by molar-refractivity contribution is 5.89. The van der Waals surface area contributed by atoms with Gasteiger partial charge in [-0.15, -0.1) is 0 Å². The lowest BCUT2D eigenvalue weighted by molar-refractivity contribution is 0.247. The lowest BCUT2D eigenvalue weighted by Gasteiger charge is -2.23. The maximum Gasteiger partial charge on any atom is 0.319 e. The first-order valence-corrected chi connectivity index (χ1v) is 9.05. The second-order valence-electron chi connectivity index (χ2n) is 6.92. The lowest BCUT2D eigenvalue weighted by Crippen LogP contribution is -2.41. The maximum absolute atomic E-state index is 12.3. The van der Waals surface area contributed by atoms with Crippen LogP contribution in [0.25, 0.3) is 0 Å². The molecule has 4 rings (SSSR count). The molecule has 1 aromatic carbocycles. The van der Waals surface area contributed by atoms with Crippen LogP contribution in [0.15, 0.2) is 28.8 Å². The van der Waals surface area contributed by atoms with Crippen molar-refractivity contribution in [3.05, 3.63) is 58.5 Å². The van der Waals surface area contributed by atoms with E-state index in [4.69, 9.17) is 4.52 Å². The van der Waals surface area contributed by atoms with E-state index in [0.717, 1.165) is 41.9 Å². The van der Waals surface area contributed by atoms with Crippen LogP contribution in [-0.4, -0.2) is 32.4 Å². The number of carbonyl (C=O) groups excluding carboxylic acids is 1. The van der Waals surface area contributed by atoms with Crippen LogP contribution in [0, 0.1) is 13.8 Å². The molecule has 2 aromatic heterocycles. The molecule has 1 unspecified atom stereocenters. The molecule has 0 aliphatic heterocycles. The number of H-pyrrole nitrogens is 1. The molecule has 0 bridgehead atoms. The van der Waals surface area contributed by atoms with Crippen LogP contribution >= 0.6 is 0 Å². The molecule has 0 radical (unpaired) electrons. The summed E-state index contributed by atoms with van der Waals surface area (Å²) in [7, 11) is 0. The smallest absolute Gasteiger partial charge is 0.319 e. The third-order valence-electron chi connectivity index (χ3n) is 4.81. The number of urea groups is 1. The number of carbonyl (C=O) groups is 1. The molecule has 2 amide bonds. The minimum absolute atomic E-state index is 0.0974. The second kappa shape index (κ2) is 7.22. The van der Waals surface area contributed by atoms with E-state index in [1.54, 1.807) is 6.92 Å². The van der Waals surface area contributed by atoms with E-state index in [2.05, 4.69) is 31.0 Å². The molecule has 0 fully saturated rings. The number of rotatable bonds is 4. The van der Waals surface area contributed by atoms with E-state index in [0.29, 0.717) is 18.1 Å². The Morgan fingerprint density at radius 3 is 2.85 bits per heavy atom. The molecule has 1 aliphatic rings. The van der Waals surface area contributed by atoms with Crippen molar-refractivity contribution >= 4 is 11.7 Å². The van der Waals surface area contributed by atoms with Crippen molar-refractivity contribution in [1.82, 2.24) is 25.7 Å². The van der Waals surface area contributed by atoms with Crippen LogP contribution in [-0.2, 0) is 19.3 Å². The van der Waals surface area contributed by atoms with Gasteiger partial charge in [0.05, 0.1) is 12.1 Å². The number of aryl methyl sites for hydroxylation is 2. The normalized spacial score (nSPS) is 16.0. The summed E-state index contributed by atoms with van der Waals surface area (Å²) in [4.78, 5) is 16.5. The number of fused-ring (bicyclic) bond motifs is 1. The predicted octanol–water partition coefficient (Wildman–Crippen LogP) is 2.68. The number of aromatic amines is 1. The number of nitrogens with zero attached hydrogens (tertiary/aromatic N) is 3. The predicted molar refractivity (Wildman–Crippen MR) is 99.6 cm³/mol. The fourth-order valence-electron chi connectivity index (χ4n) is 3.43. The fraction of sp³-hybridized carbons (Fsp3) is 0.368. The second-order valence-corrected chi connectivity index (χ2v) is 6.92. The minimum atomic E-state index is -0.198. The number of benzene rings is 1. The van der Waals surface area contributed by atoms with Gasteiger partial charge in [-0.05, 0) is 49.9 Å². The number of anilines is 1. The van der Waals surface area contributed by atoms with Gasteiger partial charge in [-0.2, -0.15) is 10.1 Å². The Morgan fingerprint density at radius 2 is 2.11 bits per heavy atom. The van der Waals surface area contributed by atoms with E-state index in [1.165, 1.54) is 5.56 Å². The van der Waals surface area contributed by atoms with Crippen molar-refractivity contribution < 1.29 is 9.32 Å². The first-order chi connectivity index (χ1) is 13.1. The first kappa shape index (κ1) is 17.3. The highest BCUT2D eigenvalue weighted by Crippen LogP contribution is 2.22. The van der Waals surface area contributed by atoms with Crippen molar-refractivity contribution in [3.63, 3.8) is 0 Å². The zero-order valence-corrected chi connectivity index (χ0v) is 15.4. The molecular formula is C19H22N6O2. The maximum atomic E-state index is 12.3. The fourth-order valence-corrected chi connectivity index (χ4v) is 3.43. The molecule has 1 atom stereocenters. The average molecular weight is 366 g/mol. The van der Waals surface area contributed by atoms with E-state index in [9.17, 15) is 4.79 Å². The third kappa shape index (κ3) is 3.99. The van der Waals surface area contributed by atoms with Crippen LogP contribution in [0.1, 0.15) is 40.7 Å². The lowest BCUT2D eigenvalue weighted by atomic mass is 9.92. The van der Waals surface area contributed by atoms with Crippen LogP contribution in [0.4, 0.5) is 10.5 Å². The quantitative estimate of drug-likeness (QED) is 0.658. The Hall–Kier alpha value is -3.16. The summed E-state index contributed by atoms with van der Waals surface area (Å²) < 4.78 is 5.13. The van der Waals surface area contributed by atoms with E-state index >= 15 is 0 Å². The summed E-state index contributed by atoms with van der Waals surface area (Å²) in [6, 6.07) is 7.52. The van der Waals surface area contributed by atoms with Crippen molar-refractivity contribution in [2.45, 2.75) is 45.6 Å². The molecular weight excluding hydrogens is 344 g/mol. The van der Waals surface area contributed by atoms with Crippen molar-refractivity contribution in [1.29, 1.82) is 0 Å². The van der Waals surface area contributed by atoms with Gasteiger partial charge in [0.2, 0.25) is 5.89 Å². The number of amides is 2. The number of hydrogen-bond acceptors (Lipinski definition) is 5. The van der Waals surface area contributed by atoms with Crippen molar-refractivity contribution in [2.24, 2.45) is 0 Å². The Morgan fingerprint density at radius 1 is 1.30 bits per heavy atom. The Balaban J connectivity index is 1.30. The van der Waals surface area contributed by atoms with E-state index in [1.807, 2.05) is 31.2 Å². The van der Waals surface area contributed by atoms with Gasteiger partial charge >= 0.3 is 6.03 Å². The Labute approximate surface area is 156 Å². The summed E-state index contributed by atoms with van der Waals surface area (Å²) >= 11 is 0. The van der Waals surface area contributed by atoms with Gasteiger partial charge in [-0.25, -0.2) is 4.79 Å². The zero-order valence-electron chi connectivity index (χ0n) is 15.4. The molecule has 8 heteroatoms. The molecule has 0 spiro atoms. The molecule has 0 saturated carbocycles. The first-order valence-electron chi connectivity index (χ1n) is 9.05. The molecule has 1 aliphatic carbocycles. The number of aromatic nitrogens is 4. The molecule has 0 saturated heterocycles. The van der Waals surface area contributed by atoms with E-state index < -0.39 is 0 Å². The largest absolute Gasteiger partial charge is 0.339 e. The summed E-state index contributed by atoms with van der Waals surface area (Å²) in [5, 5.41) is 17.1. The van der Waals surface area contributed by atoms with Gasteiger partial charge in [0.15, 0.2) is 5.82 Å². The van der Waals surface area contributed by atoms with Gasteiger partial charge in [0, 0.05) is 23.8 Å². The van der Waals surface area contributed by atoms with Gasteiger partial charge < -0.3 is 15.2 Å². The van der Waals surface area contributed by atoms with Gasteiger partial charge in [0.1, 0.15) is 0 Å². The monoisotopic (exact) mass is 366 g/mol. The van der Waals surface area contributed by atoms with Gasteiger partial charge in [-0.3, -0.25) is 5.10 Å². The molecule has 27 heavy (non-hydrogen) atoms. The van der Waals surface area contributed by atoms with Gasteiger partial charge in [-0.1, -0.05) is 17.3 Å². The highest BCUT2D eigenvalue weighted by atomic mass is 16.5. The molecule has 3 N–H and O–H groups in total. The number of hydrogen-bond donors (Lipinski definition) is 3. The highest BCUT2D eigenvalue weighted by Gasteiger charge is 2.23. The Bertz CT molecular complexity index is 944. The van der Waals surface area contributed by atoms with Crippen molar-refractivity contribution in [3.8, 4) is 0 Å². The molecule has 3 aromatic rings. The van der Waals surface area contributed by atoms with Crippen LogP contribution in [0.5, 0.6) is 0 Å². The summed E-state index contributed by atoms with van der Waals surface area (Å²) in [6.07, 6.45) is 3.19. The van der Waals surface area contributed by atoms with Crippen LogP contribution < -0.4 is 10.6 Å². The van der Waals surface area contributed by atoms with Crippen molar-refractivity contribution in [2.75, 3.05) is 5.32 Å². The van der Waals surface area contributed by atoms with Gasteiger partial charge in [0.25, 0.3) is 0 Å². The molecule has 8 nitrogen and oxygen atoms in total. The summed E-state index contributed by atoms with van der Waals surface area (Å²) in [6.45, 7) is 3.83. The standard InChI is InChI=1S/C19H22N6O2/c1-11-16-8-7-15(10-17(16)24-23-11)22-19(26)21-14-5-3-13(4-6-14)9-18-20-12(2)25-27-18/h3-6,15H,7-10H2,1-2H3,(H,23,24)(H2,21,22,26). The summed E-state index contributed by atoms with van der Waals surface area (Å²) in [5.41, 5.74) is 5.26. The average Bonchev–Trinajstić information content (AvgIpc) is 3.22.